The van der Waals surface area contributed by atoms with Crippen molar-refractivity contribution in [3.05, 3.63) is 0 Å². The van der Waals surface area contributed by atoms with Gasteiger partial charge in [-0.25, -0.2) is 0 Å². The molecular formula is C16H30O4. The quantitative estimate of drug-likeness (QED) is 0.601. The molecule has 0 aliphatic rings. The highest BCUT2D eigenvalue weighted by molar-refractivity contribution is 5.78. The fourth-order valence-corrected chi connectivity index (χ4v) is 1.64. The third-order valence-corrected chi connectivity index (χ3v) is 4.25. The van der Waals surface area contributed by atoms with Crippen molar-refractivity contribution >= 4 is 11.9 Å². The molecule has 0 aliphatic heterocycles. The number of hydrogen-bond donors (Lipinski definition) is 0. The average molecular weight is 286 g/mol. The number of rotatable bonds is 9. The van der Waals surface area contributed by atoms with Gasteiger partial charge in [0.15, 0.2) is 0 Å². The highest BCUT2D eigenvalue weighted by Crippen LogP contribution is 2.22. The molecule has 0 spiro atoms. The Kier molecular flexibility index (Phi) is 7.84. The first-order chi connectivity index (χ1) is 9.24. The first kappa shape index (κ1) is 18.9. The molecule has 0 aliphatic carbocycles. The van der Waals surface area contributed by atoms with Gasteiger partial charge in [0.1, 0.15) is 11.2 Å². The summed E-state index contributed by atoms with van der Waals surface area (Å²) in [6.45, 7) is 11.8. The lowest BCUT2D eigenvalue weighted by Gasteiger charge is -2.28. The Hall–Kier alpha value is -1.06. The Labute approximate surface area is 123 Å². The second-order valence-electron chi connectivity index (χ2n) is 5.76. The van der Waals surface area contributed by atoms with Gasteiger partial charge in [-0.15, -0.1) is 0 Å². The summed E-state index contributed by atoms with van der Waals surface area (Å²) in [5, 5.41) is 0. The van der Waals surface area contributed by atoms with Crippen LogP contribution in [0.5, 0.6) is 0 Å². The molecule has 4 nitrogen and oxygen atoms in total. The van der Waals surface area contributed by atoms with Crippen molar-refractivity contribution in [2.75, 3.05) is 0 Å². The summed E-state index contributed by atoms with van der Waals surface area (Å²) in [7, 11) is 0. The van der Waals surface area contributed by atoms with Crippen LogP contribution in [0.15, 0.2) is 0 Å². The van der Waals surface area contributed by atoms with E-state index in [-0.39, 0.29) is 24.8 Å². The zero-order valence-electron chi connectivity index (χ0n) is 13.9. The fourth-order valence-electron chi connectivity index (χ4n) is 1.64. The molecule has 0 bridgehead atoms. The van der Waals surface area contributed by atoms with Crippen LogP contribution in [0.25, 0.3) is 0 Å². The van der Waals surface area contributed by atoms with E-state index >= 15 is 0 Å². The minimum Gasteiger partial charge on any atom is -0.459 e. The smallest absolute Gasteiger partial charge is 0.306 e. The van der Waals surface area contributed by atoms with Gasteiger partial charge in [0.05, 0.1) is 12.8 Å². The van der Waals surface area contributed by atoms with Gasteiger partial charge in [-0.3, -0.25) is 9.59 Å². The zero-order chi connectivity index (χ0) is 15.8. The number of carbonyl (C=O) groups excluding carboxylic acids is 2. The van der Waals surface area contributed by atoms with E-state index in [4.69, 9.17) is 9.47 Å². The van der Waals surface area contributed by atoms with Crippen molar-refractivity contribution < 1.29 is 19.1 Å². The van der Waals surface area contributed by atoms with Crippen LogP contribution in [-0.2, 0) is 19.1 Å². The van der Waals surface area contributed by atoms with E-state index in [9.17, 15) is 9.59 Å². The van der Waals surface area contributed by atoms with E-state index in [1.54, 1.807) is 0 Å². The molecule has 0 rings (SSSR count). The van der Waals surface area contributed by atoms with Crippen LogP contribution < -0.4 is 0 Å². The largest absolute Gasteiger partial charge is 0.459 e. The molecule has 0 aromatic carbocycles. The summed E-state index contributed by atoms with van der Waals surface area (Å²) in [4.78, 5) is 23.5. The molecule has 0 aromatic heterocycles. The maximum atomic E-state index is 11.8. The molecule has 20 heavy (non-hydrogen) atoms. The third-order valence-electron chi connectivity index (χ3n) is 4.25. The zero-order valence-corrected chi connectivity index (χ0v) is 13.9. The first-order valence-corrected chi connectivity index (χ1v) is 7.67. The topological polar surface area (TPSA) is 52.6 Å². The predicted molar refractivity (Wildman–Crippen MR) is 79.4 cm³/mol. The minimum absolute atomic E-state index is 0.0813. The summed E-state index contributed by atoms with van der Waals surface area (Å²) < 4.78 is 10.8. The minimum atomic E-state index is -0.428. The predicted octanol–water partition coefficient (Wildman–Crippen LogP) is 4.01. The molecule has 0 saturated carbocycles. The van der Waals surface area contributed by atoms with Crippen molar-refractivity contribution in [3.8, 4) is 0 Å². The molecule has 0 amide bonds. The van der Waals surface area contributed by atoms with Crippen LogP contribution in [0, 0.1) is 0 Å². The second kappa shape index (κ2) is 8.28. The Morgan fingerprint density at radius 3 is 1.15 bits per heavy atom. The standard InChI is InChI=1S/C16H30O4/c1-7-15(5,8-2)19-13(17)11-12-14(18)20-16(6,9-3)10-4/h7-12H2,1-6H3. The molecule has 0 atom stereocenters. The Bertz CT molecular complexity index is 282. The molecular weight excluding hydrogens is 256 g/mol. The van der Waals surface area contributed by atoms with E-state index in [1.165, 1.54) is 0 Å². The Morgan fingerprint density at radius 2 is 0.950 bits per heavy atom. The van der Waals surface area contributed by atoms with Gasteiger partial charge in [-0.2, -0.15) is 0 Å². The third kappa shape index (κ3) is 6.40. The summed E-state index contributed by atoms with van der Waals surface area (Å²) in [5.41, 5.74) is -0.856. The lowest BCUT2D eigenvalue weighted by Crippen LogP contribution is -2.32. The molecule has 0 aromatic rings. The van der Waals surface area contributed by atoms with E-state index < -0.39 is 11.2 Å². The van der Waals surface area contributed by atoms with Crippen molar-refractivity contribution in [2.24, 2.45) is 0 Å². The van der Waals surface area contributed by atoms with Crippen molar-refractivity contribution in [2.45, 2.75) is 91.3 Å². The van der Waals surface area contributed by atoms with Gasteiger partial charge in [-0.05, 0) is 39.5 Å². The summed E-state index contributed by atoms with van der Waals surface area (Å²) >= 11 is 0. The molecule has 118 valence electrons. The van der Waals surface area contributed by atoms with E-state index in [0.717, 1.165) is 25.7 Å². The normalized spacial score (nSPS) is 12.1. The van der Waals surface area contributed by atoms with E-state index in [0.29, 0.717) is 0 Å². The summed E-state index contributed by atoms with van der Waals surface area (Å²) in [6, 6.07) is 0. The molecule has 0 fully saturated rings. The maximum Gasteiger partial charge on any atom is 0.306 e. The fraction of sp³-hybridized carbons (Fsp3) is 0.875. The number of carbonyl (C=O) groups is 2. The highest BCUT2D eigenvalue weighted by atomic mass is 16.6. The average Bonchev–Trinajstić information content (AvgIpc) is 2.44. The van der Waals surface area contributed by atoms with Gasteiger partial charge >= 0.3 is 11.9 Å². The van der Waals surface area contributed by atoms with Gasteiger partial charge < -0.3 is 9.47 Å². The number of ether oxygens (including phenoxy) is 2. The van der Waals surface area contributed by atoms with Crippen LogP contribution in [0.2, 0.25) is 0 Å². The van der Waals surface area contributed by atoms with Crippen LogP contribution in [-0.4, -0.2) is 23.1 Å². The molecule has 0 radical (unpaired) electrons. The number of hydrogen-bond acceptors (Lipinski definition) is 4. The lowest BCUT2D eigenvalue weighted by atomic mass is 10.00. The van der Waals surface area contributed by atoms with Gasteiger partial charge in [-0.1, -0.05) is 27.7 Å². The SMILES string of the molecule is CCC(C)(CC)OC(=O)CCC(=O)OC(C)(CC)CC. The number of esters is 2. The first-order valence-electron chi connectivity index (χ1n) is 7.67. The van der Waals surface area contributed by atoms with Crippen molar-refractivity contribution in [1.82, 2.24) is 0 Å². The molecule has 0 unspecified atom stereocenters. The molecule has 0 N–H and O–H groups in total. The van der Waals surface area contributed by atoms with Crippen LogP contribution in [0.3, 0.4) is 0 Å². The van der Waals surface area contributed by atoms with Crippen LogP contribution in [0.1, 0.15) is 80.1 Å². The molecule has 0 saturated heterocycles. The Balaban J connectivity index is 4.23. The molecule has 4 heteroatoms. The highest BCUT2D eigenvalue weighted by Gasteiger charge is 2.27. The lowest BCUT2D eigenvalue weighted by molar-refractivity contribution is -0.166. The van der Waals surface area contributed by atoms with Gasteiger partial charge in [0.2, 0.25) is 0 Å². The molecule has 0 heterocycles. The van der Waals surface area contributed by atoms with Crippen molar-refractivity contribution in [3.63, 3.8) is 0 Å². The van der Waals surface area contributed by atoms with Crippen LogP contribution in [0.4, 0.5) is 0 Å². The van der Waals surface area contributed by atoms with Gasteiger partial charge in [0.25, 0.3) is 0 Å². The monoisotopic (exact) mass is 286 g/mol. The van der Waals surface area contributed by atoms with E-state index in [2.05, 4.69) is 0 Å². The maximum absolute atomic E-state index is 11.8. The van der Waals surface area contributed by atoms with E-state index in [1.807, 2.05) is 41.5 Å². The Morgan fingerprint density at radius 1 is 0.700 bits per heavy atom. The summed E-state index contributed by atoms with van der Waals surface area (Å²) in [6.07, 6.45) is 3.23. The van der Waals surface area contributed by atoms with Crippen LogP contribution >= 0.6 is 0 Å². The second-order valence-corrected chi connectivity index (χ2v) is 5.76. The summed E-state index contributed by atoms with van der Waals surface area (Å²) in [5.74, 6) is -0.661. The van der Waals surface area contributed by atoms with Crippen molar-refractivity contribution in [1.29, 1.82) is 0 Å². The van der Waals surface area contributed by atoms with Gasteiger partial charge in [0, 0.05) is 0 Å².